The summed E-state index contributed by atoms with van der Waals surface area (Å²) in [7, 11) is 1.71. The number of hydrogen-bond acceptors (Lipinski definition) is 5. The second-order valence-electron chi connectivity index (χ2n) is 7.84. The van der Waals surface area contributed by atoms with Crippen LogP contribution in [0.5, 0.6) is 0 Å². The Hall–Kier alpha value is -1.69. The van der Waals surface area contributed by atoms with Gasteiger partial charge >= 0.3 is 0 Å². The highest BCUT2D eigenvalue weighted by Crippen LogP contribution is 2.39. The third-order valence-electron chi connectivity index (χ3n) is 5.87. The molecule has 144 valence electrons. The minimum atomic E-state index is 0.180. The summed E-state index contributed by atoms with van der Waals surface area (Å²) in [6, 6.07) is 0. The zero-order chi connectivity index (χ0) is 18.6. The van der Waals surface area contributed by atoms with Crippen molar-refractivity contribution in [3.63, 3.8) is 0 Å². The molecule has 0 saturated carbocycles. The van der Waals surface area contributed by atoms with Gasteiger partial charge < -0.3 is 14.5 Å². The van der Waals surface area contributed by atoms with Gasteiger partial charge in [-0.15, -0.1) is 0 Å². The molecule has 0 radical (unpaired) electrons. The molecule has 6 nitrogen and oxygen atoms in total. The van der Waals surface area contributed by atoms with Crippen molar-refractivity contribution in [3.05, 3.63) is 17.5 Å². The molecule has 1 amide bonds. The molecule has 3 heterocycles. The van der Waals surface area contributed by atoms with E-state index in [0.29, 0.717) is 18.9 Å². The number of methoxy groups -OCH3 is 1. The summed E-state index contributed by atoms with van der Waals surface area (Å²) in [6.45, 7) is 8.54. The lowest BCUT2D eigenvalue weighted by molar-refractivity contribution is -0.138. The molecule has 2 aliphatic rings. The van der Waals surface area contributed by atoms with Crippen molar-refractivity contribution < 1.29 is 9.53 Å². The number of aromatic nitrogens is 2. The molecular formula is C20H32N4O2. The number of likely N-dealkylation sites (tertiary alicyclic amines) is 1. The van der Waals surface area contributed by atoms with Gasteiger partial charge in [0.25, 0.3) is 0 Å². The lowest BCUT2D eigenvalue weighted by Crippen LogP contribution is -2.54. The molecule has 2 fully saturated rings. The quantitative estimate of drug-likeness (QED) is 0.730. The number of piperidine rings is 2. The summed E-state index contributed by atoms with van der Waals surface area (Å²) in [5, 5.41) is 0. The average molecular weight is 361 g/mol. The smallest absolute Gasteiger partial charge is 0.225 e. The number of amides is 1. The Balaban J connectivity index is 1.71. The maximum Gasteiger partial charge on any atom is 0.225 e. The molecule has 1 aromatic rings. The van der Waals surface area contributed by atoms with Crippen LogP contribution in [0.15, 0.2) is 6.20 Å². The maximum atomic E-state index is 12.3. The second kappa shape index (κ2) is 8.33. The Kier molecular flexibility index (Phi) is 6.12. The van der Waals surface area contributed by atoms with E-state index in [2.05, 4.69) is 28.6 Å². The van der Waals surface area contributed by atoms with Crippen molar-refractivity contribution in [1.82, 2.24) is 14.9 Å². The van der Waals surface area contributed by atoms with Gasteiger partial charge in [0.1, 0.15) is 0 Å². The predicted octanol–water partition coefficient (Wildman–Crippen LogP) is 2.59. The second-order valence-corrected chi connectivity index (χ2v) is 7.84. The van der Waals surface area contributed by atoms with E-state index < -0.39 is 0 Å². The summed E-state index contributed by atoms with van der Waals surface area (Å²) in [4.78, 5) is 26.1. The van der Waals surface area contributed by atoms with E-state index in [-0.39, 0.29) is 5.41 Å². The summed E-state index contributed by atoms with van der Waals surface area (Å²) in [6.07, 6.45) is 7.75. The zero-order valence-electron chi connectivity index (χ0n) is 16.5. The fourth-order valence-electron chi connectivity index (χ4n) is 4.39. The van der Waals surface area contributed by atoms with Crippen LogP contribution in [0.25, 0.3) is 0 Å². The molecule has 2 saturated heterocycles. The summed E-state index contributed by atoms with van der Waals surface area (Å²) in [5.74, 6) is 1.15. The van der Waals surface area contributed by atoms with E-state index >= 15 is 0 Å². The molecule has 1 aromatic heterocycles. The van der Waals surface area contributed by atoms with Crippen LogP contribution in [0.4, 0.5) is 5.95 Å². The topological polar surface area (TPSA) is 58.6 Å². The number of rotatable bonds is 6. The van der Waals surface area contributed by atoms with E-state index in [1.165, 1.54) is 6.42 Å². The van der Waals surface area contributed by atoms with E-state index in [1.54, 1.807) is 7.11 Å². The minimum absolute atomic E-state index is 0.180. The molecule has 0 bridgehead atoms. The largest absolute Gasteiger partial charge is 0.385 e. The fraction of sp³-hybridized carbons (Fsp3) is 0.750. The zero-order valence-corrected chi connectivity index (χ0v) is 16.5. The third-order valence-corrected chi connectivity index (χ3v) is 5.87. The first-order valence-electron chi connectivity index (χ1n) is 9.91. The summed E-state index contributed by atoms with van der Waals surface area (Å²) in [5.41, 5.74) is 2.48. The first-order chi connectivity index (χ1) is 12.6. The highest BCUT2D eigenvalue weighted by Gasteiger charge is 2.42. The van der Waals surface area contributed by atoms with Crippen molar-refractivity contribution in [1.29, 1.82) is 0 Å². The molecule has 0 aliphatic carbocycles. The highest BCUT2D eigenvalue weighted by atomic mass is 16.5. The summed E-state index contributed by atoms with van der Waals surface area (Å²) < 4.78 is 5.15. The van der Waals surface area contributed by atoms with Crippen molar-refractivity contribution in [2.45, 2.75) is 52.4 Å². The number of carbonyl (C=O) groups is 1. The van der Waals surface area contributed by atoms with Crippen molar-refractivity contribution in [3.8, 4) is 0 Å². The van der Waals surface area contributed by atoms with E-state index in [9.17, 15) is 4.79 Å². The maximum absolute atomic E-state index is 12.3. The van der Waals surface area contributed by atoms with Gasteiger partial charge in [0.05, 0.1) is 0 Å². The first-order valence-corrected chi connectivity index (χ1v) is 9.91. The van der Waals surface area contributed by atoms with Crippen LogP contribution in [0.3, 0.4) is 0 Å². The number of ether oxygens (including phenoxy) is 1. The van der Waals surface area contributed by atoms with Crippen LogP contribution in [-0.2, 0) is 16.0 Å². The van der Waals surface area contributed by atoms with Gasteiger partial charge in [0.2, 0.25) is 11.9 Å². The van der Waals surface area contributed by atoms with Gasteiger partial charge in [-0.25, -0.2) is 9.97 Å². The molecule has 3 rings (SSSR count). The molecular weight excluding hydrogens is 328 g/mol. The van der Waals surface area contributed by atoms with Gasteiger partial charge in [0, 0.05) is 63.6 Å². The highest BCUT2D eigenvalue weighted by molar-refractivity contribution is 5.77. The van der Waals surface area contributed by atoms with E-state index in [0.717, 1.165) is 69.1 Å². The van der Waals surface area contributed by atoms with Crippen molar-refractivity contribution in [2.24, 2.45) is 5.41 Å². The van der Waals surface area contributed by atoms with Crippen LogP contribution in [0.2, 0.25) is 0 Å². The van der Waals surface area contributed by atoms with Gasteiger partial charge in [-0.2, -0.15) is 0 Å². The van der Waals surface area contributed by atoms with Gasteiger partial charge in [-0.05, 0) is 44.6 Å². The predicted molar refractivity (Wildman–Crippen MR) is 102 cm³/mol. The number of hydrogen-bond donors (Lipinski definition) is 0. The Morgan fingerprint density at radius 3 is 2.92 bits per heavy atom. The molecule has 0 N–H and O–H groups in total. The Labute approximate surface area is 156 Å². The van der Waals surface area contributed by atoms with Gasteiger partial charge in [-0.1, -0.05) is 6.92 Å². The standard InChI is InChI=1S/C20H32N4O2/c1-4-17-16(2)13-21-19(22-17)24-10-5-8-20(15-24)9-7-18(25)23(14-20)11-6-12-26-3/h13H,4-12,14-15H2,1-3H3. The molecule has 6 heteroatoms. The van der Waals surface area contributed by atoms with Gasteiger partial charge in [-0.3, -0.25) is 4.79 Å². The molecule has 1 atom stereocenters. The van der Waals surface area contributed by atoms with Crippen LogP contribution in [-0.4, -0.2) is 60.7 Å². The molecule has 1 spiro atoms. The van der Waals surface area contributed by atoms with Crippen molar-refractivity contribution in [2.75, 3.05) is 44.8 Å². The van der Waals surface area contributed by atoms with Crippen LogP contribution >= 0.6 is 0 Å². The molecule has 26 heavy (non-hydrogen) atoms. The number of carbonyl (C=O) groups excluding carboxylic acids is 1. The Morgan fingerprint density at radius 2 is 2.15 bits per heavy atom. The molecule has 0 aromatic carbocycles. The SMILES string of the molecule is CCc1nc(N2CCCC3(CCC(=O)N(CCCOC)C3)C2)ncc1C. The monoisotopic (exact) mass is 360 g/mol. The Bertz CT molecular complexity index is 636. The van der Waals surface area contributed by atoms with E-state index in [1.807, 2.05) is 6.20 Å². The number of anilines is 1. The number of aryl methyl sites for hydroxylation is 2. The summed E-state index contributed by atoms with van der Waals surface area (Å²) >= 11 is 0. The molecule has 2 aliphatic heterocycles. The van der Waals surface area contributed by atoms with Crippen LogP contribution < -0.4 is 4.90 Å². The Morgan fingerprint density at radius 1 is 1.31 bits per heavy atom. The van der Waals surface area contributed by atoms with E-state index in [4.69, 9.17) is 9.72 Å². The van der Waals surface area contributed by atoms with Crippen LogP contribution in [0, 0.1) is 12.3 Å². The average Bonchev–Trinajstić information content (AvgIpc) is 2.65. The lowest BCUT2D eigenvalue weighted by Gasteiger charge is -2.48. The minimum Gasteiger partial charge on any atom is -0.385 e. The van der Waals surface area contributed by atoms with Crippen molar-refractivity contribution >= 4 is 11.9 Å². The fourth-order valence-corrected chi connectivity index (χ4v) is 4.39. The van der Waals surface area contributed by atoms with Crippen LogP contribution in [0.1, 0.15) is 50.3 Å². The lowest BCUT2D eigenvalue weighted by atomic mass is 9.73. The number of nitrogens with zero attached hydrogens (tertiary/aromatic N) is 4. The normalized spacial score (nSPS) is 23.7. The van der Waals surface area contributed by atoms with Gasteiger partial charge in [0.15, 0.2) is 0 Å². The molecule has 1 unspecified atom stereocenters. The first kappa shape index (κ1) is 19.1. The third kappa shape index (κ3) is 4.17.